The van der Waals surface area contributed by atoms with Gasteiger partial charge in [0.1, 0.15) is 5.39 Å². The lowest BCUT2D eigenvalue weighted by atomic mass is 10.1. The van der Waals surface area contributed by atoms with Gasteiger partial charge in [0.25, 0.3) is 5.56 Å². The summed E-state index contributed by atoms with van der Waals surface area (Å²) in [5.74, 6) is -4.85. The first-order valence-electron chi connectivity index (χ1n) is 10.7. The fourth-order valence-corrected chi connectivity index (χ4v) is 4.05. The number of nitrogens with two attached hydrogens (primary N) is 1. The molecular weight excluding hydrogens is 465 g/mol. The minimum Gasteiger partial charge on any atom is -0.382 e. The summed E-state index contributed by atoms with van der Waals surface area (Å²) < 4.78 is 48.1. The number of fused-ring (bicyclic) bond motifs is 1. The molecule has 0 unspecified atom stereocenters. The number of H-pyrrole nitrogens is 1. The minimum atomic E-state index is -1.71. The van der Waals surface area contributed by atoms with E-state index in [4.69, 9.17) is 10.5 Å². The predicted molar refractivity (Wildman–Crippen MR) is 120 cm³/mol. The second kappa shape index (κ2) is 8.87. The van der Waals surface area contributed by atoms with Crippen molar-refractivity contribution in [3.05, 3.63) is 70.0 Å². The first-order chi connectivity index (χ1) is 16.8. The van der Waals surface area contributed by atoms with Crippen molar-refractivity contribution in [3.8, 4) is 16.9 Å². The predicted octanol–water partition coefficient (Wildman–Crippen LogP) is 2.18. The molecular formula is C23H19F3N6O3. The molecule has 0 bridgehead atoms. The van der Waals surface area contributed by atoms with Gasteiger partial charge in [-0.3, -0.25) is 24.2 Å². The van der Waals surface area contributed by atoms with Gasteiger partial charge in [-0.05, 0) is 29.8 Å². The third-order valence-corrected chi connectivity index (χ3v) is 5.85. The van der Waals surface area contributed by atoms with Gasteiger partial charge in [-0.25, -0.2) is 13.2 Å². The van der Waals surface area contributed by atoms with Crippen LogP contribution >= 0.6 is 0 Å². The summed E-state index contributed by atoms with van der Waals surface area (Å²) in [5.41, 5.74) is 6.12. The maximum Gasteiger partial charge on any atom is 0.268 e. The second-order valence-corrected chi connectivity index (χ2v) is 7.99. The van der Waals surface area contributed by atoms with E-state index < -0.39 is 28.7 Å². The number of halogens is 3. The Kier molecular flexibility index (Phi) is 5.73. The molecule has 12 heteroatoms. The summed E-state index contributed by atoms with van der Waals surface area (Å²) >= 11 is 0. The third-order valence-electron chi connectivity index (χ3n) is 5.85. The Morgan fingerprint density at radius 1 is 1.14 bits per heavy atom. The zero-order valence-electron chi connectivity index (χ0n) is 18.2. The van der Waals surface area contributed by atoms with Crippen molar-refractivity contribution in [1.29, 1.82) is 0 Å². The standard InChI is InChI=1S/C23H19F3N6O3/c24-14-1-2-16(20(26)19(14)25)32-11-13(21-18(23(32)34)22(27)30-29-21)15-9-12(3-4-28-15)10-17(33)31-5-7-35-8-6-31/h1-4,9,11H,5-8,10H2,(H3,27,29,30). The van der Waals surface area contributed by atoms with Gasteiger partial charge in [-0.2, -0.15) is 5.10 Å². The van der Waals surface area contributed by atoms with Gasteiger partial charge in [-0.1, -0.05) is 0 Å². The lowest BCUT2D eigenvalue weighted by molar-refractivity contribution is -0.134. The van der Waals surface area contributed by atoms with E-state index in [2.05, 4.69) is 15.2 Å². The van der Waals surface area contributed by atoms with Crippen LogP contribution in [0.1, 0.15) is 5.56 Å². The molecule has 3 N–H and O–H groups in total. The minimum absolute atomic E-state index is 0.0665. The molecule has 1 aliphatic rings. The number of anilines is 1. The van der Waals surface area contributed by atoms with Crippen LogP contribution in [0.3, 0.4) is 0 Å². The number of aromatic amines is 1. The highest BCUT2D eigenvalue weighted by Gasteiger charge is 2.22. The van der Waals surface area contributed by atoms with Crippen molar-refractivity contribution in [2.24, 2.45) is 0 Å². The molecule has 3 aromatic heterocycles. The summed E-state index contributed by atoms with van der Waals surface area (Å²) in [6.07, 6.45) is 2.85. The van der Waals surface area contributed by atoms with Gasteiger partial charge in [0.15, 0.2) is 23.3 Å². The van der Waals surface area contributed by atoms with Gasteiger partial charge in [0, 0.05) is 31.0 Å². The Labute approximate surface area is 195 Å². The molecule has 0 saturated carbocycles. The molecule has 0 spiro atoms. The Morgan fingerprint density at radius 2 is 1.91 bits per heavy atom. The number of nitrogen functional groups attached to an aromatic ring is 1. The van der Waals surface area contributed by atoms with Crippen LogP contribution in [0.5, 0.6) is 0 Å². The van der Waals surface area contributed by atoms with Crippen molar-refractivity contribution in [2.75, 3.05) is 32.0 Å². The smallest absolute Gasteiger partial charge is 0.268 e. The number of hydrogen-bond acceptors (Lipinski definition) is 6. The number of pyridine rings is 2. The van der Waals surface area contributed by atoms with E-state index >= 15 is 0 Å². The Morgan fingerprint density at radius 3 is 2.69 bits per heavy atom. The topological polar surface area (TPSA) is 119 Å². The summed E-state index contributed by atoms with van der Waals surface area (Å²) in [5, 5.41) is 6.48. The van der Waals surface area contributed by atoms with Crippen molar-refractivity contribution in [2.45, 2.75) is 6.42 Å². The molecule has 1 aliphatic heterocycles. The van der Waals surface area contributed by atoms with Gasteiger partial charge < -0.3 is 15.4 Å². The normalized spacial score (nSPS) is 14.0. The molecule has 180 valence electrons. The number of carbonyl (C=O) groups is 1. The van der Waals surface area contributed by atoms with Crippen LogP contribution in [-0.4, -0.2) is 56.9 Å². The number of nitrogens with zero attached hydrogens (tertiary/aromatic N) is 4. The fraction of sp³-hybridized carbons (Fsp3) is 0.217. The van der Waals surface area contributed by atoms with Crippen LogP contribution in [0, 0.1) is 17.5 Å². The highest BCUT2D eigenvalue weighted by Crippen LogP contribution is 2.29. The number of hydrogen-bond donors (Lipinski definition) is 2. The quantitative estimate of drug-likeness (QED) is 0.429. The van der Waals surface area contributed by atoms with Crippen LogP contribution in [0.25, 0.3) is 27.8 Å². The number of amides is 1. The van der Waals surface area contributed by atoms with E-state index in [1.165, 1.54) is 12.4 Å². The van der Waals surface area contributed by atoms with Gasteiger partial charge in [0.2, 0.25) is 5.91 Å². The van der Waals surface area contributed by atoms with Gasteiger partial charge >= 0.3 is 0 Å². The summed E-state index contributed by atoms with van der Waals surface area (Å²) in [6.45, 7) is 1.98. The zero-order valence-corrected chi connectivity index (χ0v) is 18.2. The number of morpholine rings is 1. The average molecular weight is 484 g/mol. The molecule has 1 amide bonds. The van der Waals surface area contributed by atoms with Crippen LogP contribution in [0.15, 0.2) is 41.5 Å². The van der Waals surface area contributed by atoms with Crippen molar-refractivity contribution >= 4 is 22.6 Å². The Balaban J connectivity index is 1.62. The second-order valence-electron chi connectivity index (χ2n) is 7.99. The first kappa shape index (κ1) is 22.6. The number of ether oxygens (including phenoxy) is 1. The van der Waals surface area contributed by atoms with Crippen LogP contribution in [0.4, 0.5) is 19.0 Å². The Hall–Kier alpha value is -4.19. The van der Waals surface area contributed by atoms with E-state index in [0.29, 0.717) is 43.1 Å². The van der Waals surface area contributed by atoms with Crippen LogP contribution < -0.4 is 11.3 Å². The molecule has 1 saturated heterocycles. The van der Waals surface area contributed by atoms with Gasteiger partial charge in [0.05, 0.1) is 36.5 Å². The molecule has 0 aliphatic carbocycles. The maximum absolute atomic E-state index is 14.6. The molecule has 5 rings (SSSR count). The molecule has 1 fully saturated rings. The highest BCUT2D eigenvalue weighted by molar-refractivity contribution is 5.97. The molecule has 0 atom stereocenters. The average Bonchev–Trinajstić information content (AvgIpc) is 3.26. The number of benzene rings is 1. The van der Waals surface area contributed by atoms with Crippen LogP contribution in [0.2, 0.25) is 0 Å². The summed E-state index contributed by atoms with van der Waals surface area (Å²) in [4.78, 5) is 31.8. The molecule has 4 aromatic rings. The van der Waals surface area contributed by atoms with Crippen molar-refractivity contribution in [1.82, 2.24) is 24.6 Å². The van der Waals surface area contributed by atoms with E-state index in [9.17, 15) is 22.8 Å². The van der Waals surface area contributed by atoms with Gasteiger partial charge in [-0.15, -0.1) is 0 Å². The van der Waals surface area contributed by atoms with E-state index in [-0.39, 0.29) is 29.0 Å². The molecule has 4 heterocycles. The molecule has 35 heavy (non-hydrogen) atoms. The number of nitrogens with one attached hydrogen (secondary N) is 1. The number of aromatic nitrogens is 4. The van der Waals surface area contributed by atoms with Crippen molar-refractivity contribution < 1.29 is 22.7 Å². The van der Waals surface area contributed by atoms with Crippen LogP contribution in [-0.2, 0) is 16.0 Å². The maximum atomic E-state index is 14.6. The zero-order chi connectivity index (χ0) is 24.7. The summed E-state index contributed by atoms with van der Waals surface area (Å²) in [7, 11) is 0. The monoisotopic (exact) mass is 484 g/mol. The van der Waals surface area contributed by atoms with E-state index in [1.54, 1.807) is 17.0 Å². The Bertz CT molecular complexity index is 1510. The lowest BCUT2D eigenvalue weighted by Gasteiger charge is -2.26. The highest BCUT2D eigenvalue weighted by atomic mass is 19.2. The summed E-state index contributed by atoms with van der Waals surface area (Å²) in [6, 6.07) is 5.01. The van der Waals surface area contributed by atoms with Crippen molar-refractivity contribution in [3.63, 3.8) is 0 Å². The van der Waals surface area contributed by atoms with E-state index in [1.807, 2.05) is 0 Å². The lowest BCUT2D eigenvalue weighted by Crippen LogP contribution is -2.41. The molecule has 9 nitrogen and oxygen atoms in total. The molecule has 1 aromatic carbocycles. The number of rotatable bonds is 4. The third kappa shape index (κ3) is 4.01. The fourth-order valence-electron chi connectivity index (χ4n) is 4.05. The first-order valence-corrected chi connectivity index (χ1v) is 10.7. The largest absolute Gasteiger partial charge is 0.382 e. The SMILES string of the molecule is Nc1n[nH]c2c(-c3cc(CC(=O)N4CCOCC4)ccn3)cn(-c3ccc(F)c(F)c3F)c(=O)c12. The number of carbonyl (C=O) groups excluding carboxylic acids is 1. The van der Waals surface area contributed by atoms with E-state index in [0.717, 1.165) is 16.7 Å². The molecule has 0 radical (unpaired) electrons.